The number of rotatable bonds is 6. The molecule has 20 heavy (non-hydrogen) atoms. The summed E-state index contributed by atoms with van der Waals surface area (Å²) in [6.07, 6.45) is 1.40. The number of ether oxygens (including phenoxy) is 1. The van der Waals surface area contributed by atoms with E-state index in [0.717, 1.165) is 0 Å². The topological polar surface area (TPSA) is 101 Å². The first kappa shape index (κ1) is 15.9. The van der Waals surface area contributed by atoms with Crippen LogP contribution in [-0.4, -0.2) is 41.3 Å². The molecule has 1 rings (SSSR count). The molecule has 0 radical (unpaired) electrons. The molecule has 0 aromatic carbocycles. The summed E-state index contributed by atoms with van der Waals surface area (Å²) in [5, 5.41) is 14.2. The number of aromatic carboxylic acids is 1. The normalized spacial score (nSPS) is 10.9. The van der Waals surface area contributed by atoms with Crippen LogP contribution in [0.2, 0.25) is 0 Å². The number of hydrogen-bond donors (Lipinski definition) is 3. The highest BCUT2D eigenvalue weighted by atomic mass is 16.5. The number of aromatic nitrogens is 1. The lowest BCUT2D eigenvalue weighted by Gasteiger charge is -2.25. The van der Waals surface area contributed by atoms with Crippen molar-refractivity contribution in [2.75, 3.05) is 13.7 Å². The highest BCUT2D eigenvalue weighted by molar-refractivity contribution is 5.87. The molecule has 7 nitrogen and oxygen atoms in total. The number of carbonyl (C=O) groups excluding carboxylic acids is 1. The summed E-state index contributed by atoms with van der Waals surface area (Å²) in [5.41, 5.74) is 0.122. The van der Waals surface area contributed by atoms with Gasteiger partial charge in [0.05, 0.1) is 29.9 Å². The van der Waals surface area contributed by atoms with E-state index >= 15 is 0 Å². The molecule has 2 amide bonds. The largest absolute Gasteiger partial charge is 0.478 e. The van der Waals surface area contributed by atoms with Gasteiger partial charge >= 0.3 is 12.0 Å². The van der Waals surface area contributed by atoms with E-state index in [2.05, 4.69) is 15.6 Å². The number of urea groups is 1. The molecule has 1 heterocycles. The molecular formula is C13H19N3O4. The van der Waals surface area contributed by atoms with Crippen LogP contribution in [0.25, 0.3) is 0 Å². The third-order valence-electron chi connectivity index (χ3n) is 2.45. The molecule has 0 saturated carbocycles. The van der Waals surface area contributed by atoms with Gasteiger partial charge in [-0.2, -0.15) is 0 Å². The monoisotopic (exact) mass is 281 g/mol. The van der Waals surface area contributed by atoms with E-state index in [-0.39, 0.29) is 18.1 Å². The fourth-order valence-corrected chi connectivity index (χ4v) is 1.63. The standard InChI is InChI=1S/C13H19N3O4/c1-13(2,8-20-3)16-12(19)15-7-10-6-9(11(17)18)4-5-14-10/h4-6H,7-8H2,1-3H3,(H,17,18)(H2,15,16,19). The maximum absolute atomic E-state index is 11.7. The van der Waals surface area contributed by atoms with Crippen LogP contribution in [-0.2, 0) is 11.3 Å². The molecule has 0 spiro atoms. The molecule has 0 bridgehead atoms. The Morgan fingerprint density at radius 1 is 1.45 bits per heavy atom. The molecule has 3 N–H and O–H groups in total. The summed E-state index contributed by atoms with van der Waals surface area (Å²) in [7, 11) is 1.56. The first-order valence-electron chi connectivity index (χ1n) is 6.07. The van der Waals surface area contributed by atoms with Crippen molar-refractivity contribution in [3.8, 4) is 0 Å². The van der Waals surface area contributed by atoms with Crippen molar-refractivity contribution in [2.24, 2.45) is 0 Å². The average molecular weight is 281 g/mol. The average Bonchev–Trinajstić information content (AvgIpc) is 2.36. The zero-order valence-corrected chi connectivity index (χ0v) is 11.8. The Labute approximate surface area is 117 Å². The highest BCUT2D eigenvalue weighted by Crippen LogP contribution is 2.03. The predicted molar refractivity (Wildman–Crippen MR) is 72.5 cm³/mol. The van der Waals surface area contributed by atoms with Gasteiger partial charge in [-0.15, -0.1) is 0 Å². The molecule has 0 fully saturated rings. The van der Waals surface area contributed by atoms with Gasteiger partial charge in [-0.1, -0.05) is 0 Å². The van der Waals surface area contributed by atoms with Crippen LogP contribution in [0.3, 0.4) is 0 Å². The zero-order valence-electron chi connectivity index (χ0n) is 11.8. The Balaban J connectivity index is 2.53. The summed E-state index contributed by atoms with van der Waals surface area (Å²) >= 11 is 0. The van der Waals surface area contributed by atoms with Gasteiger partial charge < -0.3 is 20.5 Å². The Morgan fingerprint density at radius 2 is 2.15 bits per heavy atom. The molecule has 0 aliphatic rings. The van der Waals surface area contributed by atoms with Crippen molar-refractivity contribution >= 4 is 12.0 Å². The summed E-state index contributed by atoms with van der Waals surface area (Å²) in [6.45, 7) is 4.20. The molecular weight excluding hydrogens is 262 g/mol. The minimum atomic E-state index is -1.03. The van der Waals surface area contributed by atoms with Gasteiger partial charge in [-0.25, -0.2) is 9.59 Å². The van der Waals surface area contributed by atoms with Gasteiger partial charge in [-0.05, 0) is 26.0 Å². The number of hydrogen-bond acceptors (Lipinski definition) is 4. The number of amides is 2. The third-order valence-corrected chi connectivity index (χ3v) is 2.45. The van der Waals surface area contributed by atoms with Crippen LogP contribution in [0.4, 0.5) is 4.79 Å². The minimum absolute atomic E-state index is 0.136. The fourth-order valence-electron chi connectivity index (χ4n) is 1.63. The van der Waals surface area contributed by atoms with Gasteiger partial charge in [0.1, 0.15) is 0 Å². The lowest BCUT2D eigenvalue weighted by atomic mass is 10.1. The van der Waals surface area contributed by atoms with Crippen molar-refractivity contribution in [3.63, 3.8) is 0 Å². The van der Waals surface area contributed by atoms with Crippen LogP contribution in [0, 0.1) is 0 Å². The first-order valence-corrected chi connectivity index (χ1v) is 6.07. The SMILES string of the molecule is COCC(C)(C)NC(=O)NCc1cc(C(=O)O)ccn1. The second-order valence-electron chi connectivity index (χ2n) is 4.97. The number of carboxylic acids is 1. The van der Waals surface area contributed by atoms with Crippen LogP contribution in [0.5, 0.6) is 0 Å². The number of carbonyl (C=O) groups is 2. The summed E-state index contributed by atoms with van der Waals surface area (Å²) in [4.78, 5) is 26.5. The number of methoxy groups -OCH3 is 1. The Morgan fingerprint density at radius 3 is 2.75 bits per heavy atom. The molecule has 0 atom stereocenters. The Kier molecular flexibility index (Phi) is 5.45. The van der Waals surface area contributed by atoms with E-state index in [1.54, 1.807) is 7.11 Å². The lowest BCUT2D eigenvalue weighted by Crippen LogP contribution is -2.50. The van der Waals surface area contributed by atoms with Crippen molar-refractivity contribution in [1.29, 1.82) is 0 Å². The molecule has 110 valence electrons. The summed E-state index contributed by atoms with van der Waals surface area (Å²) in [5.74, 6) is -1.03. The van der Waals surface area contributed by atoms with E-state index in [1.165, 1.54) is 18.3 Å². The van der Waals surface area contributed by atoms with Crippen LogP contribution < -0.4 is 10.6 Å². The molecule has 0 aliphatic heterocycles. The molecule has 1 aromatic rings. The minimum Gasteiger partial charge on any atom is -0.478 e. The number of nitrogens with zero attached hydrogens (tertiary/aromatic N) is 1. The second-order valence-corrected chi connectivity index (χ2v) is 4.97. The van der Waals surface area contributed by atoms with E-state index in [9.17, 15) is 9.59 Å². The Bertz CT molecular complexity index is 488. The molecule has 0 saturated heterocycles. The van der Waals surface area contributed by atoms with Crippen molar-refractivity contribution in [1.82, 2.24) is 15.6 Å². The van der Waals surface area contributed by atoms with Gasteiger partial charge in [0.15, 0.2) is 0 Å². The fraction of sp³-hybridized carbons (Fsp3) is 0.462. The molecule has 0 unspecified atom stereocenters. The second kappa shape index (κ2) is 6.85. The van der Waals surface area contributed by atoms with Crippen LogP contribution >= 0.6 is 0 Å². The zero-order chi connectivity index (χ0) is 15.2. The number of carboxylic acid groups (broad SMARTS) is 1. The smallest absolute Gasteiger partial charge is 0.335 e. The van der Waals surface area contributed by atoms with Crippen LogP contribution in [0.15, 0.2) is 18.3 Å². The quantitative estimate of drug-likeness (QED) is 0.722. The maximum atomic E-state index is 11.7. The van der Waals surface area contributed by atoms with Crippen molar-refractivity contribution < 1.29 is 19.4 Å². The van der Waals surface area contributed by atoms with Gasteiger partial charge in [0.2, 0.25) is 0 Å². The Hall–Kier alpha value is -2.15. The first-order chi connectivity index (χ1) is 9.34. The van der Waals surface area contributed by atoms with E-state index < -0.39 is 11.5 Å². The maximum Gasteiger partial charge on any atom is 0.335 e. The van der Waals surface area contributed by atoms with Gasteiger partial charge in [0.25, 0.3) is 0 Å². The van der Waals surface area contributed by atoms with E-state index in [1.807, 2.05) is 13.8 Å². The highest BCUT2D eigenvalue weighted by Gasteiger charge is 2.19. The summed E-state index contributed by atoms with van der Waals surface area (Å²) in [6, 6.07) is 2.45. The van der Waals surface area contributed by atoms with Crippen molar-refractivity contribution in [3.05, 3.63) is 29.6 Å². The van der Waals surface area contributed by atoms with E-state index in [4.69, 9.17) is 9.84 Å². The molecule has 1 aromatic heterocycles. The summed E-state index contributed by atoms with van der Waals surface area (Å²) < 4.78 is 4.99. The third kappa shape index (κ3) is 5.23. The van der Waals surface area contributed by atoms with Gasteiger partial charge in [-0.3, -0.25) is 4.98 Å². The number of nitrogens with one attached hydrogen (secondary N) is 2. The van der Waals surface area contributed by atoms with Crippen LogP contribution in [0.1, 0.15) is 29.9 Å². The number of pyridine rings is 1. The van der Waals surface area contributed by atoms with Crippen molar-refractivity contribution in [2.45, 2.75) is 25.9 Å². The predicted octanol–water partition coefficient (Wildman–Crippen LogP) is 1.00. The van der Waals surface area contributed by atoms with Gasteiger partial charge in [0, 0.05) is 13.3 Å². The lowest BCUT2D eigenvalue weighted by molar-refractivity contribution is 0.0696. The molecule has 0 aliphatic carbocycles. The van der Waals surface area contributed by atoms with E-state index in [0.29, 0.717) is 12.3 Å². The molecule has 7 heteroatoms.